The molecule has 4 nitrogen and oxygen atoms in total. The molecule has 4 heteroatoms. The van der Waals surface area contributed by atoms with Gasteiger partial charge in [0.1, 0.15) is 0 Å². The predicted octanol–water partition coefficient (Wildman–Crippen LogP) is -0.435. The molecule has 12 heavy (non-hydrogen) atoms. The van der Waals surface area contributed by atoms with Gasteiger partial charge in [-0.3, -0.25) is 4.79 Å². The Kier molecular flexibility index (Phi) is 5.66. The third kappa shape index (κ3) is 5.09. The molecule has 72 valence electrons. The van der Waals surface area contributed by atoms with E-state index >= 15 is 0 Å². The molecule has 1 atom stereocenters. The van der Waals surface area contributed by atoms with E-state index < -0.39 is 0 Å². The van der Waals surface area contributed by atoms with Gasteiger partial charge in [0.25, 0.3) is 0 Å². The van der Waals surface area contributed by atoms with Gasteiger partial charge in [0.05, 0.1) is 6.10 Å². The van der Waals surface area contributed by atoms with E-state index in [1.54, 1.807) is 18.9 Å². The highest BCUT2D eigenvalue weighted by Gasteiger charge is 2.07. The van der Waals surface area contributed by atoms with Crippen LogP contribution in [0.25, 0.3) is 0 Å². The second kappa shape index (κ2) is 5.97. The Morgan fingerprint density at radius 3 is 2.67 bits per heavy atom. The lowest BCUT2D eigenvalue weighted by Crippen LogP contribution is -2.30. The van der Waals surface area contributed by atoms with E-state index in [-0.39, 0.29) is 12.0 Å². The number of aliphatic hydroxyl groups excluding tert-OH is 1. The second-order valence-electron chi connectivity index (χ2n) is 2.99. The molecule has 0 aliphatic heterocycles. The number of nitrogens with zero attached hydrogens (tertiary/aromatic N) is 1. The molecule has 0 bridgehead atoms. The summed E-state index contributed by atoms with van der Waals surface area (Å²) in [7, 11) is 1.72. The van der Waals surface area contributed by atoms with Crippen molar-refractivity contribution in [2.24, 2.45) is 5.73 Å². The number of hydrogen-bond acceptors (Lipinski definition) is 3. The molecule has 1 amide bonds. The number of aliphatic hydroxyl groups is 1. The van der Waals surface area contributed by atoms with Gasteiger partial charge < -0.3 is 15.7 Å². The topological polar surface area (TPSA) is 66.6 Å². The van der Waals surface area contributed by atoms with Gasteiger partial charge in [0.2, 0.25) is 5.91 Å². The van der Waals surface area contributed by atoms with E-state index in [1.165, 1.54) is 0 Å². The first-order chi connectivity index (χ1) is 5.57. The molecule has 0 rings (SSSR count). The van der Waals surface area contributed by atoms with Gasteiger partial charge in [0.15, 0.2) is 0 Å². The number of nitrogens with two attached hydrogens (primary N) is 1. The van der Waals surface area contributed by atoms with E-state index in [2.05, 4.69) is 0 Å². The minimum absolute atomic E-state index is 0.0400. The Labute approximate surface area is 73.3 Å². The molecule has 0 fully saturated rings. The third-order valence-corrected chi connectivity index (χ3v) is 1.67. The van der Waals surface area contributed by atoms with Crippen molar-refractivity contribution in [2.75, 3.05) is 20.1 Å². The average Bonchev–Trinajstić information content (AvgIpc) is 2.00. The lowest BCUT2D eigenvalue weighted by atomic mass is 10.2. The van der Waals surface area contributed by atoms with E-state index in [1.807, 2.05) is 0 Å². The number of hydrogen-bond donors (Lipinski definition) is 2. The van der Waals surface area contributed by atoms with Gasteiger partial charge in [-0.2, -0.15) is 0 Å². The highest BCUT2D eigenvalue weighted by atomic mass is 16.3. The van der Waals surface area contributed by atoms with Crippen LogP contribution in [0.2, 0.25) is 0 Å². The van der Waals surface area contributed by atoms with Crippen LogP contribution in [0.4, 0.5) is 0 Å². The lowest BCUT2D eigenvalue weighted by Gasteiger charge is -2.17. The van der Waals surface area contributed by atoms with Crippen LogP contribution < -0.4 is 5.73 Å². The van der Waals surface area contributed by atoms with Crippen molar-refractivity contribution in [3.63, 3.8) is 0 Å². The summed E-state index contributed by atoms with van der Waals surface area (Å²) >= 11 is 0. The van der Waals surface area contributed by atoms with Crippen molar-refractivity contribution < 1.29 is 9.90 Å². The number of carbonyl (C=O) groups excluding carboxylic acids is 1. The molecule has 0 saturated heterocycles. The van der Waals surface area contributed by atoms with Crippen molar-refractivity contribution in [2.45, 2.75) is 25.9 Å². The van der Waals surface area contributed by atoms with Crippen LogP contribution in [0.15, 0.2) is 0 Å². The zero-order valence-electron chi connectivity index (χ0n) is 7.79. The van der Waals surface area contributed by atoms with Crippen LogP contribution >= 0.6 is 0 Å². The summed E-state index contributed by atoms with van der Waals surface area (Å²) < 4.78 is 0. The molecule has 0 aromatic rings. The molecule has 0 spiro atoms. The number of carbonyl (C=O) groups is 1. The predicted molar refractivity (Wildman–Crippen MR) is 47.6 cm³/mol. The molecule has 0 aliphatic rings. The summed E-state index contributed by atoms with van der Waals surface area (Å²) in [6.45, 7) is 2.69. The van der Waals surface area contributed by atoms with Gasteiger partial charge >= 0.3 is 0 Å². The van der Waals surface area contributed by atoms with Crippen molar-refractivity contribution in [3.05, 3.63) is 0 Å². The molecule has 0 radical (unpaired) electrons. The average molecular weight is 174 g/mol. The molecule has 0 saturated carbocycles. The molecule has 3 N–H and O–H groups in total. The Bertz CT molecular complexity index is 137. The molecule has 0 aliphatic carbocycles. The fraction of sp³-hybridized carbons (Fsp3) is 0.875. The van der Waals surface area contributed by atoms with Crippen molar-refractivity contribution >= 4 is 5.91 Å². The number of amides is 1. The maximum atomic E-state index is 11.1. The highest BCUT2D eigenvalue weighted by molar-refractivity contribution is 5.75. The molecular weight excluding hydrogens is 156 g/mol. The molecular formula is C8H18N2O2. The SMILES string of the molecule is CC(O)CCN(C)C(=O)CCN. The maximum absolute atomic E-state index is 11.1. The van der Waals surface area contributed by atoms with E-state index in [0.717, 1.165) is 0 Å². The Hall–Kier alpha value is -0.610. The summed E-state index contributed by atoms with van der Waals surface area (Å²) in [5.41, 5.74) is 5.23. The minimum Gasteiger partial charge on any atom is -0.393 e. The minimum atomic E-state index is -0.349. The highest BCUT2D eigenvalue weighted by Crippen LogP contribution is 1.95. The molecule has 0 aromatic carbocycles. The quantitative estimate of drug-likeness (QED) is 0.594. The van der Waals surface area contributed by atoms with Gasteiger partial charge in [-0.1, -0.05) is 0 Å². The summed E-state index contributed by atoms with van der Waals surface area (Å²) in [6, 6.07) is 0. The van der Waals surface area contributed by atoms with Gasteiger partial charge in [-0.15, -0.1) is 0 Å². The van der Waals surface area contributed by atoms with Crippen LogP contribution in [0.5, 0.6) is 0 Å². The first-order valence-electron chi connectivity index (χ1n) is 4.20. The summed E-state index contributed by atoms with van der Waals surface area (Å²) in [5, 5.41) is 8.95. The largest absolute Gasteiger partial charge is 0.393 e. The Balaban J connectivity index is 3.56. The third-order valence-electron chi connectivity index (χ3n) is 1.67. The van der Waals surface area contributed by atoms with E-state index in [4.69, 9.17) is 10.8 Å². The van der Waals surface area contributed by atoms with Crippen LogP contribution in [0.1, 0.15) is 19.8 Å². The molecule has 0 aromatic heterocycles. The first kappa shape index (κ1) is 11.4. The zero-order chi connectivity index (χ0) is 9.56. The van der Waals surface area contributed by atoms with Crippen molar-refractivity contribution in [1.82, 2.24) is 4.90 Å². The fourth-order valence-corrected chi connectivity index (χ4v) is 0.820. The summed E-state index contributed by atoms with van der Waals surface area (Å²) in [4.78, 5) is 12.7. The van der Waals surface area contributed by atoms with Crippen LogP contribution in [0, 0.1) is 0 Å². The Morgan fingerprint density at radius 1 is 1.67 bits per heavy atom. The van der Waals surface area contributed by atoms with Gasteiger partial charge in [-0.05, 0) is 13.3 Å². The normalized spacial score (nSPS) is 12.7. The van der Waals surface area contributed by atoms with Crippen LogP contribution in [0.3, 0.4) is 0 Å². The first-order valence-corrected chi connectivity index (χ1v) is 4.20. The Morgan fingerprint density at radius 2 is 2.25 bits per heavy atom. The summed E-state index contributed by atoms with van der Waals surface area (Å²) in [6.07, 6.45) is 0.654. The lowest BCUT2D eigenvalue weighted by molar-refractivity contribution is -0.129. The maximum Gasteiger partial charge on any atom is 0.223 e. The molecule has 0 heterocycles. The van der Waals surface area contributed by atoms with Gasteiger partial charge in [-0.25, -0.2) is 0 Å². The van der Waals surface area contributed by atoms with Crippen molar-refractivity contribution in [1.29, 1.82) is 0 Å². The zero-order valence-corrected chi connectivity index (χ0v) is 7.79. The monoisotopic (exact) mass is 174 g/mol. The van der Waals surface area contributed by atoms with Gasteiger partial charge in [0, 0.05) is 26.6 Å². The van der Waals surface area contributed by atoms with Crippen LogP contribution in [-0.2, 0) is 4.79 Å². The standard InChI is InChI=1S/C8H18N2O2/c1-7(11)4-6-10(2)8(12)3-5-9/h7,11H,3-6,9H2,1-2H3. The van der Waals surface area contributed by atoms with E-state index in [0.29, 0.717) is 25.9 Å². The fourth-order valence-electron chi connectivity index (χ4n) is 0.820. The second-order valence-corrected chi connectivity index (χ2v) is 2.99. The van der Waals surface area contributed by atoms with Crippen LogP contribution in [-0.4, -0.2) is 42.2 Å². The smallest absolute Gasteiger partial charge is 0.223 e. The van der Waals surface area contributed by atoms with E-state index in [9.17, 15) is 4.79 Å². The molecule has 1 unspecified atom stereocenters. The number of rotatable bonds is 5. The summed E-state index contributed by atoms with van der Waals surface area (Å²) in [5.74, 6) is 0.0400. The van der Waals surface area contributed by atoms with Crippen molar-refractivity contribution in [3.8, 4) is 0 Å².